The first-order valence-corrected chi connectivity index (χ1v) is 9.90. The Hall–Kier alpha value is -3.03. The number of methoxy groups -OCH3 is 1. The minimum atomic E-state index is -0.285. The zero-order valence-electron chi connectivity index (χ0n) is 17.1. The lowest BCUT2D eigenvalue weighted by Gasteiger charge is -2.26. The average Bonchev–Trinajstić information content (AvgIpc) is 3.26. The topological polar surface area (TPSA) is 73.4 Å². The molecule has 2 heterocycles. The molecule has 0 bridgehead atoms. The van der Waals surface area contributed by atoms with Gasteiger partial charge in [0, 0.05) is 50.0 Å². The molecule has 1 amide bonds. The first kappa shape index (κ1) is 20.3. The van der Waals surface area contributed by atoms with Crippen LogP contribution >= 0.6 is 0 Å². The van der Waals surface area contributed by atoms with Crippen molar-refractivity contribution in [1.82, 2.24) is 14.7 Å². The lowest BCUT2D eigenvalue weighted by Crippen LogP contribution is -2.42. The number of hydrogen-bond donors (Lipinski definition) is 1. The normalized spacial score (nSPS) is 14.3. The highest BCUT2D eigenvalue weighted by Crippen LogP contribution is 2.31. The summed E-state index contributed by atoms with van der Waals surface area (Å²) in [5.74, 6) is -0.322. The standard InChI is InChI=1S/C23H25FN4O2/c1-27-22(18(12-26-27)14-30-2)16-6-7-21-17(10-16)13-28(23(21)29)20(11-25)9-15-4-3-5-19(24)8-15/h3-8,10,12,20H,9,11,13-14,25H2,1-2H3/t20-/m0/s1. The SMILES string of the molecule is COCc1cnn(C)c1-c1ccc2c(c1)CN([C@H](CN)Cc1cccc(F)c1)C2=O. The highest BCUT2D eigenvalue weighted by molar-refractivity contribution is 5.99. The Bertz CT molecular complexity index is 1080. The van der Waals surface area contributed by atoms with Gasteiger partial charge in [0.2, 0.25) is 0 Å². The number of amides is 1. The van der Waals surface area contributed by atoms with Crippen LogP contribution in [0.4, 0.5) is 4.39 Å². The van der Waals surface area contributed by atoms with Crippen LogP contribution in [-0.2, 0) is 31.4 Å². The van der Waals surface area contributed by atoms with Crippen LogP contribution in [-0.4, -0.2) is 40.3 Å². The van der Waals surface area contributed by atoms with Crippen molar-refractivity contribution in [1.29, 1.82) is 0 Å². The van der Waals surface area contributed by atoms with Gasteiger partial charge in [0.05, 0.1) is 18.5 Å². The fraction of sp³-hybridized carbons (Fsp3) is 0.304. The van der Waals surface area contributed by atoms with E-state index in [1.807, 2.05) is 36.0 Å². The second-order valence-electron chi connectivity index (χ2n) is 7.60. The molecule has 6 nitrogen and oxygen atoms in total. The van der Waals surface area contributed by atoms with E-state index in [9.17, 15) is 9.18 Å². The number of aryl methyl sites for hydroxylation is 1. The Morgan fingerprint density at radius 2 is 2.10 bits per heavy atom. The van der Waals surface area contributed by atoms with Crippen molar-refractivity contribution in [2.45, 2.75) is 25.6 Å². The van der Waals surface area contributed by atoms with Gasteiger partial charge < -0.3 is 15.4 Å². The second-order valence-corrected chi connectivity index (χ2v) is 7.60. The number of benzene rings is 2. The Morgan fingerprint density at radius 1 is 1.27 bits per heavy atom. The van der Waals surface area contributed by atoms with Crippen molar-refractivity contribution in [2.75, 3.05) is 13.7 Å². The number of nitrogens with zero attached hydrogens (tertiary/aromatic N) is 3. The van der Waals surface area contributed by atoms with Crippen molar-refractivity contribution >= 4 is 5.91 Å². The predicted octanol–water partition coefficient (Wildman–Crippen LogP) is 2.90. The van der Waals surface area contributed by atoms with Crippen molar-refractivity contribution in [3.8, 4) is 11.3 Å². The van der Waals surface area contributed by atoms with Crippen LogP contribution in [0.2, 0.25) is 0 Å². The number of fused-ring (bicyclic) bond motifs is 1. The van der Waals surface area contributed by atoms with Gasteiger partial charge in [-0.2, -0.15) is 5.10 Å². The Kier molecular flexibility index (Phi) is 5.65. The fourth-order valence-corrected chi connectivity index (χ4v) is 4.16. The van der Waals surface area contributed by atoms with Crippen LogP contribution in [0, 0.1) is 5.82 Å². The molecule has 30 heavy (non-hydrogen) atoms. The third-order valence-electron chi connectivity index (χ3n) is 5.60. The smallest absolute Gasteiger partial charge is 0.254 e. The summed E-state index contributed by atoms with van der Waals surface area (Å²) < 4.78 is 20.7. The molecule has 1 atom stereocenters. The molecular formula is C23H25FN4O2. The Morgan fingerprint density at radius 3 is 2.83 bits per heavy atom. The van der Waals surface area contributed by atoms with E-state index in [1.165, 1.54) is 12.1 Å². The molecule has 4 rings (SSSR count). The molecule has 156 valence electrons. The molecule has 0 fully saturated rings. The van der Waals surface area contributed by atoms with Crippen LogP contribution in [0.3, 0.4) is 0 Å². The molecule has 1 aliphatic heterocycles. The van der Waals surface area contributed by atoms with Gasteiger partial charge in [-0.1, -0.05) is 18.2 Å². The average molecular weight is 408 g/mol. The quantitative estimate of drug-likeness (QED) is 0.652. The minimum absolute atomic E-state index is 0.0366. The maximum Gasteiger partial charge on any atom is 0.254 e. The zero-order chi connectivity index (χ0) is 21.3. The monoisotopic (exact) mass is 408 g/mol. The van der Waals surface area contributed by atoms with E-state index in [0.29, 0.717) is 31.7 Å². The van der Waals surface area contributed by atoms with Crippen molar-refractivity contribution in [3.63, 3.8) is 0 Å². The highest BCUT2D eigenvalue weighted by Gasteiger charge is 2.32. The summed E-state index contributed by atoms with van der Waals surface area (Å²) in [6, 6.07) is 12.1. The molecule has 2 aromatic carbocycles. The van der Waals surface area contributed by atoms with Gasteiger partial charge in [-0.3, -0.25) is 9.48 Å². The maximum atomic E-state index is 13.6. The molecule has 0 saturated carbocycles. The Labute approximate surface area is 175 Å². The van der Waals surface area contributed by atoms with Crippen LogP contribution in [0.5, 0.6) is 0 Å². The van der Waals surface area contributed by atoms with Gasteiger partial charge in [-0.15, -0.1) is 0 Å². The maximum absolute atomic E-state index is 13.6. The van der Waals surface area contributed by atoms with Gasteiger partial charge in [0.15, 0.2) is 0 Å². The van der Waals surface area contributed by atoms with Gasteiger partial charge >= 0.3 is 0 Å². The summed E-state index contributed by atoms with van der Waals surface area (Å²) in [5.41, 5.74) is 11.4. The van der Waals surface area contributed by atoms with Crippen molar-refractivity contribution < 1.29 is 13.9 Å². The molecule has 0 saturated heterocycles. The molecule has 3 aromatic rings. The number of carbonyl (C=O) groups is 1. The zero-order valence-corrected chi connectivity index (χ0v) is 17.1. The van der Waals surface area contributed by atoms with Crippen molar-refractivity contribution in [3.05, 3.63) is 76.7 Å². The Balaban J connectivity index is 1.60. The summed E-state index contributed by atoms with van der Waals surface area (Å²) in [4.78, 5) is 14.8. The molecule has 0 aliphatic carbocycles. The first-order valence-electron chi connectivity index (χ1n) is 9.90. The summed E-state index contributed by atoms with van der Waals surface area (Å²) in [6.07, 6.45) is 2.31. The second kappa shape index (κ2) is 8.38. The summed E-state index contributed by atoms with van der Waals surface area (Å²) in [7, 11) is 3.55. The number of carbonyl (C=O) groups excluding carboxylic acids is 1. The number of halogens is 1. The van der Waals surface area contributed by atoms with Crippen LogP contribution < -0.4 is 5.73 Å². The number of ether oxygens (including phenoxy) is 1. The van der Waals surface area contributed by atoms with E-state index in [1.54, 1.807) is 24.3 Å². The fourth-order valence-electron chi connectivity index (χ4n) is 4.16. The number of aromatic nitrogens is 2. The van der Waals surface area contributed by atoms with Gasteiger partial charge in [0.1, 0.15) is 5.82 Å². The lowest BCUT2D eigenvalue weighted by molar-refractivity contribution is 0.0708. The van der Waals surface area contributed by atoms with E-state index in [-0.39, 0.29) is 17.8 Å². The van der Waals surface area contributed by atoms with Crippen LogP contribution in [0.25, 0.3) is 11.3 Å². The first-order chi connectivity index (χ1) is 14.5. The molecule has 1 aromatic heterocycles. The molecular weight excluding hydrogens is 383 g/mol. The number of hydrogen-bond acceptors (Lipinski definition) is 4. The van der Waals surface area contributed by atoms with Gasteiger partial charge in [-0.25, -0.2) is 4.39 Å². The number of nitrogens with two attached hydrogens (primary N) is 1. The van der Waals surface area contributed by atoms with Gasteiger partial charge in [-0.05, 0) is 41.8 Å². The van der Waals surface area contributed by atoms with Crippen LogP contribution in [0.1, 0.15) is 27.0 Å². The van der Waals surface area contributed by atoms with Crippen molar-refractivity contribution in [2.24, 2.45) is 12.8 Å². The summed E-state index contributed by atoms with van der Waals surface area (Å²) >= 11 is 0. The van der Waals surface area contributed by atoms with E-state index < -0.39 is 0 Å². The van der Waals surface area contributed by atoms with Gasteiger partial charge in [0.25, 0.3) is 5.91 Å². The van der Waals surface area contributed by atoms with E-state index in [4.69, 9.17) is 10.5 Å². The predicted molar refractivity (Wildman–Crippen MR) is 112 cm³/mol. The van der Waals surface area contributed by atoms with E-state index in [0.717, 1.165) is 27.9 Å². The lowest BCUT2D eigenvalue weighted by atomic mass is 10.0. The largest absolute Gasteiger partial charge is 0.380 e. The molecule has 0 unspecified atom stereocenters. The third kappa shape index (κ3) is 3.74. The molecule has 2 N–H and O–H groups in total. The summed E-state index contributed by atoms with van der Waals surface area (Å²) in [6.45, 7) is 1.26. The van der Waals surface area contributed by atoms with E-state index >= 15 is 0 Å². The molecule has 0 radical (unpaired) electrons. The minimum Gasteiger partial charge on any atom is -0.380 e. The molecule has 1 aliphatic rings. The number of rotatable bonds is 7. The molecule has 0 spiro atoms. The highest BCUT2D eigenvalue weighted by atomic mass is 19.1. The summed E-state index contributed by atoms with van der Waals surface area (Å²) in [5, 5.41) is 4.34. The van der Waals surface area contributed by atoms with Crippen LogP contribution in [0.15, 0.2) is 48.7 Å². The van der Waals surface area contributed by atoms with E-state index in [2.05, 4.69) is 5.10 Å². The third-order valence-corrected chi connectivity index (χ3v) is 5.60. The molecule has 7 heteroatoms.